The highest BCUT2D eigenvalue weighted by Crippen LogP contribution is 2.35. The van der Waals surface area contributed by atoms with Crippen molar-refractivity contribution < 1.29 is 17.7 Å². The summed E-state index contributed by atoms with van der Waals surface area (Å²) in [4.78, 5) is 0. The number of hydrogen-bond acceptors (Lipinski definition) is 3. The summed E-state index contributed by atoms with van der Waals surface area (Å²) in [5, 5.41) is 3.33. The van der Waals surface area contributed by atoms with E-state index in [1.54, 1.807) is 0 Å². The molecule has 2 N–H and O–H groups in total. The first-order valence-electron chi connectivity index (χ1n) is 4.06. The van der Waals surface area contributed by atoms with Crippen LogP contribution in [0.2, 0.25) is 0 Å². The molecule has 3 nitrogen and oxygen atoms in total. The molecule has 0 radical (unpaired) electrons. The van der Waals surface area contributed by atoms with Crippen molar-refractivity contribution >= 4 is 21.7 Å². The molecule has 0 atom stereocenters. The standard InChI is InChI=1S/C9H4BrF3N2O/c10-7-8(16-15-9(7)14)6-4(12)1-3(11)2-5(6)13/h1-2H,(H2,14,15). The van der Waals surface area contributed by atoms with E-state index in [9.17, 15) is 13.2 Å². The lowest BCUT2D eigenvalue weighted by Crippen LogP contribution is -1.92. The van der Waals surface area contributed by atoms with Gasteiger partial charge in [0.05, 0.1) is 5.56 Å². The molecule has 2 aromatic rings. The molecule has 16 heavy (non-hydrogen) atoms. The first kappa shape index (κ1) is 11.0. The molecule has 0 aliphatic heterocycles. The van der Waals surface area contributed by atoms with Crippen LogP contribution in [0.25, 0.3) is 11.3 Å². The van der Waals surface area contributed by atoms with E-state index >= 15 is 0 Å². The summed E-state index contributed by atoms with van der Waals surface area (Å²) in [6, 6.07) is 1.09. The first-order valence-corrected chi connectivity index (χ1v) is 4.85. The van der Waals surface area contributed by atoms with Gasteiger partial charge in [0.15, 0.2) is 11.6 Å². The molecule has 1 heterocycles. The van der Waals surface area contributed by atoms with E-state index in [1.165, 1.54) is 0 Å². The number of aromatic nitrogens is 1. The molecule has 0 unspecified atom stereocenters. The lowest BCUT2D eigenvalue weighted by molar-refractivity contribution is 0.428. The van der Waals surface area contributed by atoms with Crippen LogP contribution >= 0.6 is 15.9 Å². The number of halogens is 4. The predicted octanol–water partition coefficient (Wildman–Crippen LogP) is 3.10. The maximum absolute atomic E-state index is 13.4. The Labute approximate surface area is 96.2 Å². The molecule has 1 aromatic carbocycles. The molecule has 0 saturated carbocycles. The van der Waals surface area contributed by atoms with Crippen molar-refractivity contribution in [3.63, 3.8) is 0 Å². The molecule has 0 fully saturated rings. The molecule has 0 aliphatic carbocycles. The molecule has 0 amide bonds. The number of benzene rings is 1. The summed E-state index contributed by atoms with van der Waals surface area (Å²) >= 11 is 2.97. The van der Waals surface area contributed by atoms with Crippen LogP contribution in [0.15, 0.2) is 21.1 Å². The predicted molar refractivity (Wildman–Crippen MR) is 53.9 cm³/mol. The van der Waals surface area contributed by atoms with Crippen molar-refractivity contribution in [1.82, 2.24) is 5.16 Å². The lowest BCUT2D eigenvalue weighted by Gasteiger charge is -2.01. The molecule has 84 valence electrons. The number of hydrogen-bond donors (Lipinski definition) is 1. The molecule has 0 aliphatic rings. The minimum Gasteiger partial charge on any atom is -0.380 e. The average Bonchev–Trinajstić information content (AvgIpc) is 2.48. The van der Waals surface area contributed by atoms with Gasteiger partial charge in [-0.25, -0.2) is 13.2 Å². The third-order valence-corrected chi connectivity index (χ3v) is 2.66. The van der Waals surface area contributed by atoms with Gasteiger partial charge in [0.1, 0.15) is 21.9 Å². The third kappa shape index (κ3) is 1.67. The largest absolute Gasteiger partial charge is 0.380 e. The second-order valence-electron chi connectivity index (χ2n) is 2.96. The fraction of sp³-hybridized carbons (Fsp3) is 0. The Kier molecular flexibility index (Phi) is 2.63. The summed E-state index contributed by atoms with van der Waals surface area (Å²) in [5.41, 5.74) is 4.82. The Morgan fingerprint density at radius 2 is 1.75 bits per heavy atom. The van der Waals surface area contributed by atoms with Gasteiger partial charge in [0.25, 0.3) is 0 Å². The Bertz CT molecular complexity index is 533. The molecular formula is C9H4BrF3N2O. The van der Waals surface area contributed by atoms with Crippen LogP contribution in [0.4, 0.5) is 19.0 Å². The van der Waals surface area contributed by atoms with Crippen LogP contribution in [-0.4, -0.2) is 5.16 Å². The van der Waals surface area contributed by atoms with Crippen molar-refractivity contribution in [2.45, 2.75) is 0 Å². The quantitative estimate of drug-likeness (QED) is 0.879. The zero-order valence-corrected chi connectivity index (χ0v) is 9.19. The second-order valence-corrected chi connectivity index (χ2v) is 3.75. The SMILES string of the molecule is Nc1noc(-c2c(F)cc(F)cc2F)c1Br. The summed E-state index contributed by atoms with van der Waals surface area (Å²) in [5.74, 6) is -3.45. The molecule has 7 heteroatoms. The molecule has 1 aromatic heterocycles. The van der Waals surface area contributed by atoms with E-state index in [0.29, 0.717) is 12.1 Å². The van der Waals surface area contributed by atoms with Crippen LogP contribution in [0, 0.1) is 17.5 Å². The van der Waals surface area contributed by atoms with Crippen LogP contribution in [0.3, 0.4) is 0 Å². The maximum Gasteiger partial charge on any atom is 0.189 e. The van der Waals surface area contributed by atoms with Crippen molar-refractivity contribution in [2.75, 3.05) is 5.73 Å². The summed E-state index contributed by atoms with van der Waals surface area (Å²) in [6.45, 7) is 0. The Hall–Kier alpha value is -1.50. The van der Waals surface area contributed by atoms with Gasteiger partial charge in [-0.15, -0.1) is 0 Å². The number of anilines is 1. The molecule has 0 saturated heterocycles. The van der Waals surface area contributed by atoms with Crippen molar-refractivity contribution in [3.8, 4) is 11.3 Å². The molecule has 0 bridgehead atoms. The monoisotopic (exact) mass is 292 g/mol. The Morgan fingerprint density at radius 3 is 2.19 bits per heavy atom. The smallest absolute Gasteiger partial charge is 0.189 e. The highest BCUT2D eigenvalue weighted by atomic mass is 79.9. The van der Waals surface area contributed by atoms with Crippen LogP contribution in [0.5, 0.6) is 0 Å². The van der Waals surface area contributed by atoms with Crippen molar-refractivity contribution in [3.05, 3.63) is 34.1 Å². The molecular weight excluding hydrogens is 289 g/mol. The first-order chi connectivity index (χ1) is 7.50. The minimum atomic E-state index is -1.09. The highest BCUT2D eigenvalue weighted by Gasteiger charge is 2.21. The van der Waals surface area contributed by atoms with Gasteiger partial charge < -0.3 is 10.3 Å². The fourth-order valence-electron chi connectivity index (χ4n) is 1.21. The van der Waals surface area contributed by atoms with E-state index in [1.807, 2.05) is 0 Å². The summed E-state index contributed by atoms with van der Waals surface area (Å²) in [7, 11) is 0. The normalized spacial score (nSPS) is 10.8. The summed E-state index contributed by atoms with van der Waals surface area (Å²) in [6.07, 6.45) is 0. The minimum absolute atomic E-state index is 0.0434. The van der Waals surface area contributed by atoms with Crippen molar-refractivity contribution in [1.29, 1.82) is 0 Å². The highest BCUT2D eigenvalue weighted by molar-refractivity contribution is 9.10. The second kappa shape index (κ2) is 3.82. The van der Waals surface area contributed by atoms with Gasteiger partial charge in [0.2, 0.25) is 0 Å². The van der Waals surface area contributed by atoms with Crippen LogP contribution < -0.4 is 5.73 Å². The van der Waals surface area contributed by atoms with Gasteiger partial charge >= 0.3 is 0 Å². The van der Waals surface area contributed by atoms with Gasteiger partial charge in [0, 0.05) is 12.1 Å². The summed E-state index contributed by atoms with van der Waals surface area (Å²) < 4.78 is 44.2. The van der Waals surface area contributed by atoms with E-state index in [2.05, 4.69) is 25.6 Å². The van der Waals surface area contributed by atoms with Gasteiger partial charge in [-0.1, -0.05) is 5.16 Å². The van der Waals surface area contributed by atoms with E-state index < -0.39 is 23.0 Å². The number of nitrogens with two attached hydrogens (primary N) is 1. The fourth-order valence-corrected chi connectivity index (χ4v) is 1.55. The van der Waals surface area contributed by atoms with Gasteiger partial charge in [-0.05, 0) is 15.9 Å². The number of rotatable bonds is 1. The Balaban J connectivity index is 2.69. The zero-order valence-electron chi connectivity index (χ0n) is 7.60. The number of nitrogens with zero attached hydrogens (tertiary/aromatic N) is 1. The average molecular weight is 293 g/mol. The van der Waals surface area contributed by atoms with Crippen LogP contribution in [-0.2, 0) is 0 Å². The topological polar surface area (TPSA) is 52.0 Å². The van der Waals surface area contributed by atoms with E-state index in [0.717, 1.165) is 0 Å². The third-order valence-electron chi connectivity index (χ3n) is 1.89. The lowest BCUT2D eigenvalue weighted by atomic mass is 10.1. The van der Waals surface area contributed by atoms with Crippen molar-refractivity contribution in [2.24, 2.45) is 0 Å². The molecule has 0 spiro atoms. The Morgan fingerprint density at radius 1 is 1.19 bits per heavy atom. The van der Waals surface area contributed by atoms with E-state index in [4.69, 9.17) is 5.73 Å². The van der Waals surface area contributed by atoms with Gasteiger partial charge in [-0.3, -0.25) is 0 Å². The van der Waals surface area contributed by atoms with Gasteiger partial charge in [-0.2, -0.15) is 0 Å². The zero-order chi connectivity index (χ0) is 11.9. The van der Waals surface area contributed by atoms with E-state index in [-0.39, 0.29) is 16.1 Å². The number of nitrogen functional groups attached to an aromatic ring is 1. The van der Waals surface area contributed by atoms with Crippen LogP contribution in [0.1, 0.15) is 0 Å². The maximum atomic E-state index is 13.4. The molecule has 2 rings (SSSR count).